The molecule has 1 N–H and O–H groups in total. The standard InChI is InChI=1S/C18H19N3OS/c1-11-6-5-7-15(8-11)19-18-20-17(22)16(23-18)10-14-9-12(2)21(4)13(14)3/h5-10H,1-4H3,(H,19,20,22)/b16-10-. The Morgan fingerprint density at radius 2 is 2.00 bits per heavy atom. The van der Waals surface area contributed by atoms with Crippen molar-refractivity contribution >= 4 is 34.6 Å². The number of hydrogen-bond donors (Lipinski definition) is 1. The average molecular weight is 325 g/mol. The molecule has 23 heavy (non-hydrogen) atoms. The largest absolute Gasteiger partial charge is 0.352 e. The van der Waals surface area contributed by atoms with Gasteiger partial charge >= 0.3 is 0 Å². The van der Waals surface area contributed by atoms with Crippen LogP contribution in [0.4, 0.5) is 5.69 Å². The minimum absolute atomic E-state index is 0.0951. The summed E-state index contributed by atoms with van der Waals surface area (Å²) in [5, 5.41) is 3.45. The first-order valence-corrected chi connectivity index (χ1v) is 8.25. The summed E-state index contributed by atoms with van der Waals surface area (Å²) in [4.78, 5) is 17.3. The molecule has 118 valence electrons. The number of hydrogen-bond acceptors (Lipinski definition) is 3. The van der Waals surface area contributed by atoms with Gasteiger partial charge in [-0.3, -0.25) is 4.79 Å². The van der Waals surface area contributed by atoms with Crippen LogP contribution in [0, 0.1) is 20.8 Å². The summed E-state index contributed by atoms with van der Waals surface area (Å²) in [7, 11) is 2.03. The average Bonchev–Trinajstić information content (AvgIpc) is 2.95. The van der Waals surface area contributed by atoms with Crippen LogP contribution in [0.25, 0.3) is 6.08 Å². The SMILES string of the molecule is Cc1cccc(N=C2NC(=O)/C(=C/c3cc(C)n(C)c3C)S2)c1. The molecule has 0 unspecified atom stereocenters. The van der Waals surface area contributed by atoms with E-state index in [-0.39, 0.29) is 5.91 Å². The van der Waals surface area contributed by atoms with Crippen LogP contribution in [0.15, 0.2) is 40.2 Å². The zero-order chi connectivity index (χ0) is 16.6. The van der Waals surface area contributed by atoms with Crippen molar-refractivity contribution in [2.24, 2.45) is 12.0 Å². The minimum atomic E-state index is -0.0951. The van der Waals surface area contributed by atoms with Crippen LogP contribution >= 0.6 is 11.8 Å². The van der Waals surface area contributed by atoms with Crippen molar-refractivity contribution in [3.05, 3.63) is 57.8 Å². The number of aliphatic imine (C=N–C) groups is 1. The third-order valence-corrected chi connectivity index (χ3v) is 4.89. The molecule has 1 saturated heterocycles. The molecule has 1 amide bonds. The van der Waals surface area contributed by atoms with Gasteiger partial charge in [0, 0.05) is 18.4 Å². The molecule has 1 aromatic carbocycles. The predicted octanol–water partition coefficient (Wildman–Crippen LogP) is 3.84. The van der Waals surface area contributed by atoms with Gasteiger partial charge in [-0.2, -0.15) is 0 Å². The summed E-state index contributed by atoms with van der Waals surface area (Å²) in [6, 6.07) is 10.00. The molecule has 2 aromatic rings. The molecule has 1 aliphatic rings. The minimum Gasteiger partial charge on any atom is -0.352 e. The number of amidine groups is 1. The van der Waals surface area contributed by atoms with E-state index in [0.29, 0.717) is 10.1 Å². The van der Waals surface area contributed by atoms with E-state index in [2.05, 4.69) is 34.8 Å². The molecule has 3 rings (SSSR count). The Balaban J connectivity index is 1.88. The maximum atomic E-state index is 12.2. The van der Waals surface area contributed by atoms with Gasteiger partial charge in [0.2, 0.25) is 0 Å². The Bertz CT molecular complexity index is 846. The number of nitrogens with one attached hydrogen (secondary N) is 1. The number of nitrogens with zero attached hydrogens (tertiary/aromatic N) is 2. The second-order valence-corrected chi connectivity index (χ2v) is 6.74. The van der Waals surface area contributed by atoms with Crippen molar-refractivity contribution in [1.82, 2.24) is 9.88 Å². The highest BCUT2D eigenvalue weighted by atomic mass is 32.2. The maximum absolute atomic E-state index is 12.2. The molecular weight excluding hydrogens is 306 g/mol. The van der Waals surface area contributed by atoms with E-state index in [4.69, 9.17) is 0 Å². The lowest BCUT2D eigenvalue weighted by atomic mass is 10.2. The number of rotatable bonds is 2. The molecule has 0 aliphatic carbocycles. The summed E-state index contributed by atoms with van der Waals surface area (Å²) in [6.45, 7) is 6.13. The monoisotopic (exact) mass is 325 g/mol. The van der Waals surface area contributed by atoms with Crippen molar-refractivity contribution in [2.45, 2.75) is 20.8 Å². The van der Waals surface area contributed by atoms with Gasteiger partial charge in [0.1, 0.15) is 0 Å². The number of carbonyl (C=O) groups excluding carboxylic acids is 1. The lowest BCUT2D eigenvalue weighted by Gasteiger charge is -1.99. The summed E-state index contributed by atoms with van der Waals surface area (Å²) >= 11 is 1.38. The summed E-state index contributed by atoms with van der Waals surface area (Å²) in [5.74, 6) is -0.0951. The van der Waals surface area contributed by atoms with Crippen LogP contribution in [-0.4, -0.2) is 15.6 Å². The van der Waals surface area contributed by atoms with Crippen LogP contribution in [0.3, 0.4) is 0 Å². The molecule has 0 bridgehead atoms. The number of carbonyl (C=O) groups is 1. The third kappa shape index (κ3) is 3.24. The smallest absolute Gasteiger partial charge is 0.264 e. The first kappa shape index (κ1) is 15.6. The van der Waals surface area contributed by atoms with E-state index < -0.39 is 0 Å². The van der Waals surface area contributed by atoms with E-state index >= 15 is 0 Å². The van der Waals surface area contributed by atoms with E-state index in [1.54, 1.807) is 0 Å². The van der Waals surface area contributed by atoms with Crippen LogP contribution in [0.1, 0.15) is 22.5 Å². The molecule has 1 fully saturated rings. The van der Waals surface area contributed by atoms with Gasteiger partial charge in [-0.25, -0.2) is 4.99 Å². The first-order valence-electron chi connectivity index (χ1n) is 7.43. The van der Waals surface area contributed by atoms with Gasteiger partial charge in [0.15, 0.2) is 5.17 Å². The molecule has 4 nitrogen and oxygen atoms in total. The summed E-state index contributed by atoms with van der Waals surface area (Å²) in [5.41, 5.74) is 5.38. The first-order chi connectivity index (χ1) is 10.9. The Labute approximate surface area is 140 Å². The number of amides is 1. The highest BCUT2D eigenvalue weighted by molar-refractivity contribution is 8.18. The van der Waals surface area contributed by atoms with Gasteiger partial charge < -0.3 is 9.88 Å². The molecule has 0 saturated carbocycles. The number of aryl methyl sites for hydroxylation is 2. The molecule has 0 radical (unpaired) electrons. The summed E-state index contributed by atoms with van der Waals surface area (Å²) in [6.07, 6.45) is 1.93. The fourth-order valence-corrected chi connectivity index (χ4v) is 3.30. The Morgan fingerprint density at radius 1 is 1.22 bits per heavy atom. The van der Waals surface area contributed by atoms with Crippen LogP contribution in [-0.2, 0) is 11.8 Å². The molecule has 2 heterocycles. The lowest BCUT2D eigenvalue weighted by molar-refractivity contribution is -0.115. The molecule has 5 heteroatoms. The topological polar surface area (TPSA) is 46.4 Å². The normalized spacial score (nSPS) is 18.0. The lowest BCUT2D eigenvalue weighted by Crippen LogP contribution is -2.19. The second-order valence-electron chi connectivity index (χ2n) is 5.71. The third-order valence-electron chi connectivity index (χ3n) is 3.98. The fraction of sp³-hybridized carbons (Fsp3) is 0.222. The molecule has 0 atom stereocenters. The Hall–Kier alpha value is -2.27. The van der Waals surface area contributed by atoms with E-state index in [1.165, 1.54) is 17.5 Å². The van der Waals surface area contributed by atoms with Gasteiger partial charge in [-0.15, -0.1) is 0 Å². The van der Waals surface area contributed by atoms with Gasteiger partial charge in [0.05, 0.1) is 10.6 Å². The van der Waals surface area contributed by atoms with Crippen LogP contribution in [0.5, 0.6) is 0 Å². The van der Waals surface area contributed by atoms with E-state index in [0.717, 1.165) is 22.5 Å². The number of benzene rings is 1. The van der Waals surface area contributed by atoms with Crippen molar-refractivity contribution in [2.75, 3.05) is 0 Å². The van der Waals surface area contributed by atoms with Crippen molar-refractivity contribution < 1.29 is 4.79 Å². The van der Waals surface area contributed by atoms with Crippen LogP contribution < -0.4 is 5.32 Å². The molecule has 0 spiro atoms. The van der Waals surface area contributed by atoms with Crippen molar-refractivity contribution in [3.8, 4) is 0 Å². The van der Waals surface area contributed by atoms with Gasteiger partial charge in [0.25, 0.3) is 5.91 Å². The van der Waals surface area contributed by atoms with Crippen molar-refractivity contribution in [1.29, 1.82) is 0 Å². The fourth-order valence-electron chi connectivity index (χ4n) is 2.47. The van der Waals surface area contributed by atoms with Crippen LogP contribution in [0.2, 0.25) is 0 Å². The van der Waals surface area contributed by atoms with Gasteiger partial charge in [-0.1, -0.05) is 12.1 Å². The summed E-state index contributed by atoms with van der Waals surface area (Å²) < 4.78 is 2.12. The zero-order valence-corrected chi connectivity index (χ0v) is 14.5. The quantitative estimate of drug-likeness (QED) is 0.853. The van der Waals surface area contributed by atoms with Crippen molar-refractivity contribution in [3.63, 3.8) is 0 Å². The van der Waals surface area contributed by atoms with E-state index in [9.17, 15) is 4.79 Å². The molecular formula is C18H19N3OS. The maximum Gasteiger partial charge on any atom is 0.264 e. The highest BCUT2D eigenvalue weighted by Gasteiger charge is 2.24. The zero-order valence-electron chi connectivity index (χ0n) is 13.7. The van der Waals surface area contributed by atoms with Gasteiger partial charge in [-0.05, 0) is 67.9 Å². The van der Waals surface area contributed by atoms with E-state index in [1.807, 2.05) is 44.3 Å². The number of thioether (sulfide) groups is 1. The molecule has 1 aromatic heterocycles. The number of aromatic nitrogens is 1. The second kappa shape index (κ2) is 6.08. The predicted molar refractivity (Wildman–Crippen MR) is 96.9 cm³/mol. The Kier molecular flexibility index (Phi) is 4.13. The highest BCUT2D eigenvalue weighted by Crippen LogP contribution is 2.29. The Morgan fingerprint density at radius 3 is 2.65 bits per heavy atom. The molecule has 1 aliphatic heterocycles.